The van der Waals surface area contributed by atoms with Gasteiger partial charge in [-0.3, -0.25) is 19.9 Å². The number of terminal acetylenes is 1. The Bertz CT molecular complexity index is 1620. The molecule has 11 heteroatoms. The number of aromatic amines is 1. The SMILES string of the molecule is C#Cc1[nH]c(-c2ccc(NC(=O)Nc3cc(-c4ccncc4)no3)cc2)nc1C(=NC)n1cnc(C)c1. The summed E-state index contributed by atoms with van der Waals surface area (Å²) in [5, 5.41) is 9.35. The van der Waals surface area contributed by atoms with Gasteiger partial charge in [0.05, 0.1) is 5.69 Å². The summed E-state index contributed by atoms with van der Waals surface area (Å²) in [6, 6.07) is 11.9. The topological polar surface area (TPSA) is 139 Å². The molecule has 0 saturated carbocycles. The molecule has 5 rings (SSSR count). The third-order valence-corrected chi connectivity index (χ3v) is 5.37. The molecule has 11 nitrogen and oxygen atoms in total. The predicted molar refractivity (Wildman–Crippen MR) is 139 cm³/mol. The van der Waals surface area contributed by atoms with E-state index in [0.717, 1.165) is 16.8 Å². The molecule has 0 spiro atoms. The molecular formula is C26H21N9O2. The van der Waals surface area contributed by atoms with Crippen LogP contribution in [-0.4, -0.2) is 48.6 Å². The van der Waals surface area contributed by atoms with E-state index in [9.17, 15) is 4.79 Å². The van der Waals surface area contributed by atoms with E-state index in [0.29, 0.717) is 34.4 Å². The maximum atomic E-state index is 12.4. The van der Waals surface area contributed by atoms with Crippen LogP contribution in [0.5, 0.6) is 0 Å². The van der Waals surface area contributed by atoms with Crippen LogP contribution in [0.2, 0.25) is 0 Å². The van der Waals surface area contributed by atoms with Gasteiger partial charge in [-0.15, -0.1) is 6.42 Å². The first-order valence-electron chi connectivity index (χ1n) is 11.1. The first-order chi connectivity index (χ1) is 18.0. The number of rotatable bonds is 5. The van der Waals surface area contributed by atoms with E-state index in [1.165, 1.54) is 0 Å². The molecule has 4 heterocycles. The van der Waals surface area contributed by atoms with Crippen molar-refractivity contribution in [2.24, 2.45) is 4.99 Å². The summed E-state index contributed by atoms with van der Waals surface area (Å²) in [6.07, 6.45) is 12.5. The highest BCUT2D eigenvalue weighted by molar-refractivity contribution is 6.01. The van der Waals surface area contributed by atoms with Crippen LogP contribution in [0, 0.1) is 19.3 Å². The highest BCUT2D eigenvalue weighted by Crippen LogP contribution is 2.23. The molecule has 0 fully saturated rings. The number of urea groups is 1. The minimum atomic E-state index is -0.473. The van der Waals surface area contributed by atoms with Crippen LogP contribution in [-0.2, 0) is 0 Å². The van der Waals surface area contributed by atoms with Crippen molar-refractivity contribution in [1.29, 1.82) is 0 Å². The number of benzene rings is 1. The van der Waals surface area contributed by atoms with Crippen molar-refractivity contribution < 1.29 is 9.32 Å². The second-order valence-corrected chi connectivity index (χ2v) is 7.89. The van der Waals surface area contributed by atoms with E-state index < -0.39 is 6.03 Å². The quantitative estimate of drug-likeness (QED) is 0.191. The maximum absolute atomic E-state index is 12.4. The van der Waals surface area contributed by atoms with Crippen LogP contribution in [0.3, 0.4) is 0 Å². The molecule has 3 N–H and O–H groups in total. The number of carbonyl (C=O) groups is 1. The number of hydrogen-bond donors (Lipinski definition) is 3. The molecule has 1 aromatic carbocycles. The summed E-state index contributed by atoms with van der Waals surface area (Å²) < 4.78 is 6.98. The number of anilines is 2. The van der Waals surface area contributed by atoms with E-state index >= 15 is 0 Å². The molecule has 0 aliphatic heterocycles. The largest absolute Gasteiger partial charge is 0.338 e. The first kappa shape index (κ1) is 23.3. The lowest BCUT2D eigenvalue weighted by Crippen LogP contribution is -2.18. The monoisotopic (exact) mass is 491 g/mol. The summed E-state index contributed by atoms with van der Waals surface area (Å²) in [5.74, 6) is 4.00. The van der Waals surface area contributed by atoms with Gasteiger partial charge in [-0.05, 0) is 49.2 Å². The summed E-state index contributed by atoms with van der Waals surface area (Å²) in [4.78, 5) is 32.8. The lowest BCUT2D eigenvalue weighted by atomic mass is 10.2. The van der Waals surface area contributed by atoms with Gasteiger partial charge in [0.25, 0.3) is 0 Å². The Labute approximate surface area is 211 Å². The zero-order valence-corrected chi connectivity index (χ0v) is 19.9. The number of nitrogens with zero attached hydrogens (tertiary/aromatic N) is 6. The number of nitrogens with one attached hydrogen (secondary N) is 3. The number of imidazole rings is 2. The van der Waals surface area contributed by atoms with Gasteiger partial charge in [0.2, 0.25) is 5.88 Å². The average molecular weight is 492 g/mol. The van der Waals surface area contributed by atoms with E-state index in [2.05, 4.69) is 46.6 Å². The van der Waals surface area contributed by atoms with Crippen molar-refractivity contribution in [3.63, 3.8) is 0 Å². The molecular weight excluding hydrogens is 470 g/mol. The number of aliphatic imine (C=N–C) groups is 1. The zero-order chi connectivity index (χ0) is 25.8. The molecule has 0 saturated heterocycles. The van der Waals surface area contributed by atoms with Gasteiger partial charge in [-0.1, -0.05) is 5.16 Å². The fourth-order valence-corrected chi connectivity index (χ4v) is 3.64. The van der Waals surface area contributed by atoms with Gasteiger partial charge in [0.15, 0.2) is 5.84 Å². The molecule has 0 atom stereocenters. The second-order valence-electron chi connectivity index (χ2n) is 7.89. The van der Waals surface area contributed by atoms with Gasteiger partial charge in [0, 0.05) is 48.5 Å². The van der Waals surface area contributed by atoms with Crippen LogP contribution < -0.4 is 10.6 Å². The van der Waals surface area contributed by atoms with Crippen LogP contribution in [0.25, 0.3) is 22.6 Å². The third kappa shape index (κ3) is 4.98. The Balaban J connectivity index is 1.28. The van der Waals surface area contributed by atoms with Crippen molar-refractivity contribution >= 4 is 23.4 Å². The zero-order valence-electron chi connectivity index (χ0n) is 19.9. The second kappa shape index (κ2) is 10.0. The van der Waals surface area contributed by atoms with Crippen LogP contribution in [0.4, 0.5) is 16.4 Å². The summed E-state index contributed by atoms with van der Waals surface area (Å²) >= 11 is 0. The Morgan fingerprint density at radius 1 is 1.14 bits per heavy atom. The normalized spacial score (nSPS) is 11.2. The van der Waals surface area contributed by atoms with Gasteiger partial charge >= 0.3 is 6.03 Å². The maximum Gasteiger partial charge on any atom is 0.326 e. The summed E-state index contributed by atoms with van der Waals surface area (Å²) in [5.41, 5.74) is 4.66. The highest BCUT2D eigenvalue weighted by atomic mass is 16.5. The van der Waals surface area contributed by atoms with Gasteiger partial charge in [0.1, 0.15) is 29.2 Å². The molecule has 182 valence electrons. The molecule has 4 aromatic heterocycles. The van der Waals surface area contributed by atoms with Gasteiger partial charge in [-0.2, -0.15) is 0 Å². The van der Waals surface area contributed by atoms with Crippen LogP contribution in [0.15, 0.2) is 76.9 Å². The number of H-pyrrole nitrogens is 1. The number of aryl methyl sites for hydroxylation is 1. The predicted octanol–water partition coefficient (Wildman–Crippen LogP) is 4.18. The molecule has 0 bridgehead atoms. The van der Waals surface area contributed by atoms with Gasteiger partial charge in [-0.25, -0.2) is 14.8 Å². The highest BCUT2D eigenvalue weighted by Gasteiger charge is 2.17. The van der Waals surface area contributed by atoms with Crippen LogP contribution >= 0.6 is 0 Å². The fourth-order valence-electron chi connectivity index (χ4n) is 3.64. The number of hydrogen-bond acceptors (Lipinski definition) is 7. The average Bonchev–Trinajstić information content (AvgIpc) is 3.66. The molecule has 5 aromatic rings. The lowest BCUT2D eigenvalue weighted by Gasteiger charge is -2.06. The molecule has 37 heavy (non-hydrogen) atoms. The number of pyridine rings is 1. The summed E-state index contributed by atoms with van der Waals surface area (Å²) in [6.45, 7) is 1.89. The Morgan fingerprint density at radius 3 is 2.59 bits per heavy atom. The van der Waals surface area contributed by atoms with Crippen LogP contribution in [0.1, 0.15) is 17.1 Å². The molecule has 2 amide bonds. The van der Waals surface area contributed by atoms with E-state index in [4.69, 9.17) is 10.9 Å². The molecule has 0 unspecified atom stereocenters. The first-order valence-corrected chi connectivity index (χ1v) is 11.1. The standard InChI is InChI=1S/C26H21N9O2/c1-4-20-23(25(27-3)35-14-16(2)29-15-35)33-24(31-20)18-5-7-19(8-6-18)30-26(36)32-22-13-21(34-37-22)17-9-11-28-12-10-17/h1,5-15H,2-3H3,(H,31,33)(H2,30,32,36). The van der Waals surface area contributed by atoms with E-state index in [-0.39, 0.29) is 5.88 Å². The van der Waals surface area contributed by atoms with Crippen molar-refractivity contribution in [3.05, 3.63) is 84.5 Å². The Morgan fingerprint density at radius 2 is 1.92 bits per heavy atom. The van der Waals surface area contributed by atoms with Crippen molar-refractivity contribution in [2.75, 3.05) is 17.7 Å². The number of carbonyl (C=O) groups excluding carboxylic acids is 1. The number of amides is 2. The van der Waals surface area contributed by atoms with E-state index in [1.807, 2.05) is 25.3 Å². The van der Waals surface area contributed by atoms with Crippen molar-refractivity contribution in [3.8, 4) is 35.0 Å². The molecule has 0 aliphatic carbocycles. The lowest BCUT2D eigenvalue weighted by molar-refractivity contribution is 0.261. The fraction of sp³-hybridized carbons (Fsp3) is 0.0769. The minimum absolute atomic E-state index is 0.215. The Kier molecular flexibility index (Phi) is 6.29. The van der Waals surface area contributed by atoms with Crippen molar-refractivity contribution in [1.82, 2.24) is 29.7 Å². The Hall–Kier alpha value is -5.50. The van der Waals surface area contributed by atoms with Gasteiger partial charge < -0.3 is 14.8 Å². The van der Waals surface area contributed by atoms with E-state index in [1.54, 1.807) is 60.7 Å². The number of aromatic nitrogens is 6. The minimum Gasteiger partial charge on any atom is -0.338 e. The third-order valence-electron chi connectivity index (χ3n) is 5.37. The molecule has 0 radical (unpaired) electrons. The van der Waals surface area contributed by atoms with Crippen molar-refractivity contribution in [2.45, 2.75) is 6.92 Å². The molecule has 0 aliphatic rings. The summed E-state index contributed by atoms with van der Waals surface area (Å²) in [7, 11) is 1.67. The smallest absolute Gasteiger partial charge is 0.326 e.